The first-order chi connectivity index (χ1) is 8.84. The third-order valence-corrected chi connectivity index (χ3v) is 3.58. The Morgan fingerprint density at radius 1 is 1.37 bits per heavy atom. The van der Waals surface area contributed by atoms with Gasteiger partial charge in [-0.1, -0.05) is 13.0 Å². The van der Waals surface area contributed by atoms with Gasteiger partial charge in [0.1, 0.15) is 0 Å². The minimum atomic E-state index is -4.27. The van der Waals surface area contributed by atoms with Crippen LogP contribution in [0.1, 0.15) is 12.6 Å². The summed E-state index contributed by atoms with van der Waals surface area (Å²) >= 11 is 0. The predicted octanol–water partition coefficient (Wildman–Crippen LogP) is 0.846. The second kappa shape index (κ2) is 4.56. The fraction of sp³-hybridized carbons (Fsp3) is 0.182. The number of anilines is 2. The maximum absolute atomic E-state index is 11.1. The van der Waals surface area contributed by atoms with Crippen LogP contribution < -0.4 is 11.5 Å². The van der Waals surface area contributed by atoms with E-state index in [1.165, 1.54) is 22.9 Å². The summed E-state index contributed by atoms with van der Waals surface area (Å²) in [7, 11) is -4.27. The molecule has 0 saturated heterocycles. The number of aryl methyl sites for hydroxylation is 1. The van der Waals surface area contributed by atoms with Crippen molar-refractivity contribution < 1.29 is 13.0 Å². The lowest BCUT2D eigenvalue weighted by atomic mass is 10.3. The van der Waals surface area contributed by atoms with Crippen LogP contribution in [0.15, 0.2) is 29.2 Å². The van der Waals surface area contributed by atoms with Crippen molar-refractivity contribution >= 4 is 21.6 Å². The highest BCUT2D eigenvalue weighted by atomic mass is 32.2. The van der Waals surface area contributed by atoms with Crippen molar-refractivity contribution in [2.75, 3.05) is 11.5 Å². The second-order valence-electron chi connectivity index (χ2n) is 3.98. The molecule has 0 spiro atoms. The Balaban J connectivity index is 2.60. The molecule has 7 nitrogen and oxygen atoms in total. The number of hydrogen-bond acceptors (Lipinski definition) is 5. The second-order valence-corrected chi connectivity index (χ2v) is 5.40. The standard InChI is InChI=1S/C11H14N4O3S/c1-2-9-10(12)11(13)15(14-9)7-4-3-5-8(6-7)19(16,17)18/h3-6H,2,12-13H2,1H3,(H,16,17,18). The first-order valence-corrected chi connectivity index (χ1v) is 6.99. The molecule has 0 amide bonds. The number of hydrogen-bond donors (Lipinski definition) is 3. The van der Waals surface area contributed by atoms with Gasteiger partial charge in [-0.25, -0.2) is 4.68 Å². The van der Waals surface area contributed by atoms with Crippen molar-refractivity contribution in [3.63, 3.8) is 0 Å². The average molecular weight is 282 g/mol. The summed E-state index contributed by atoms with van der Waals surface area (Å²) in [5.74, 6) is 0.240. The summed E-state index contributed by atoms with van der Waals surface area (Å²) in [4.78, 5) is -0.225. The van der Waals surface area contributed by atoms with Crippen molar-refractivity contribution in [1.82, 2.24) is 9.78 Å². The summed E-state index contributed by atoms with van der Waals surface area (Å²) < 4.78 is 32.6. The van der Waals surface area contributed by atoms with Gasteiger partial charge in [0.25, 0.3) is 10.1 Å². The quantitative estimate of drug-likeness (QED) is 0.717. The van der Waals surface area contributed by atoms with E-state index < -0.39 is 10.1 Å². The van der Waals surface area contributed by atoms with E-state index in [-0.39, 0.29) is 10.7 Å². The van der Waals surface area contributed by atoms with Crippen molar-refractivity contribution in [3.8, 4) is 5.69 Å². The van der Waals surface area contributed by atoms with Gasteiger partial charge < -0.3 is 11.5 Å². The summed E-state index contributed by atoms with van der Waals surface area (Å²) in [5, 5.41) is 4.21. The third-order valence-electron chi connectivity index (χ3n) is 2.73. The number of aromatic nitrogens is 2. The SMILES string of the molecule is CCc1nn(-c2cccc(S(=O)(=O)O)c2)c(N)c1N. The molecule has 102 valence electrons. The van der Waals surface area contributed by atoms with Crippen LogP contribution in [0.25, 0.3) is 5.69 Å². The average Bonchev–Trinajstić information content (AvgIpc) is 2.65. The molecule has 1 aromatic carbocycles. The molecule has 0 aliphatic rings. The Labute approximate surface area is 110 Å². The summed E-state index contributed by atoms with van der Waals surface area (Å²) in [6.45, 7) is 1.89. The molecule has 1 heterocycles. The van der Waals surface area contributed by atoms with Crippen LogP contribution >= 0.6 is 0 Å². The highest BCUT2D eigenvalue weighted by Gasteiger charge is 2.15. The molecule has 0 aliphatic carbocycles. The lowest BCUT2D eigenvalue weighted by molar-refractivity contribution is 0.483. The molecule has 0 unspecified atom stereocenters. The fourth-order valence-electron chi connectivity index (χ4n) is 1.72. The molecule has 8 heteroatoms. The van der Waals surface area contributed by atoms with E-state index in [9.17, 15) is 8.42 Å². The van der Waals surface area contributed by atoms with Gasteiger partial charge in [0.2, 0.25) is 0 Å². The van der Waals surface area contributed by atoms with Crippen LogP contribution in [0.2, 0.25) is 0 Å². The van der Waals surface area contributed by atoms with Crippen molar-refractivity contribution in [1.29, 1.82) is 0 Å². The lowest BCUT2D eigenvalue weighted by Gasteiger charge is -2.05. The molecule has 0 radical (unpaired) electrons. The molecular weight excluding hydrogens is 268 g/mol. The number of benzene rings is 1. The summed E-state index contributed by atoms with van der Waals surface area (Å²) in [6, 6.07) is 5.67. The zero-order valence-corrected chi connectivity index (χ0v) is 11.1. The van der Waals surface area contributed by atoms with Crippen LogP contribution in [0.3, 0.4) is 0 Å². The Morgan fingerprint density at radius 3 is 2.58 bits per heavy atom. The zero-order chi connectivity index (χ0) is 14.2. The van der Waals surface area contributed by atoms with Crippen LogP contribution in [-0.4, -0.2) is 22.8 Å². The highest BCUT2D eigenvalue weighted by molar-refractivity contribution is 7.85. The number of nitrogen functional groups attached to an aromatic ring is 2. The minimum Gasteiger partial charge on any atom is -0.394 e. The van der Waals surface area contributed by atoms with E-state index in [4.69, 9.17) is 16.0 Å². The van der Waals surface area contributed by atoms with Crippen molar-refractivity contribution in [2.24, 2.45) is 0 Å². The Kier molecular flexibility index (Phi) is 3.21. The molecule has 1 aromatic heterocycles. The van der Waals surface area contributed by atoms with E-state index in [0.717, 1.165) is 0 Å². The molecule has 5 N–H and O–H groups in total. The third kappa shape index (κ3) is 2.40. The van der Waals surface area contributed by atoms with Crippen LogP contribution in [-0.2, 0) is 16.5 Å². The monoisotopic (exact) mass is 282 g/mol. The van der Waals surface area contributed by atoms with Gasteiger partial charge in [0.05, 0.1) is 22.0 Å². The maximum atomic E-state index is 11.1. The largest absolute Gasteiger partial charge is 0.394 e. The first kappa shape index (κ1) is 13.4. The van der Waals surface area contributed by atoms with Gasteiger partial charge in [-0.2, -0.15) is 13.5 Å². The molecule has 19 heavy (non-hydrogen) atoms. The van der Waals surface area contributed by atoms with E-state index >= 15 is 0 Å². The van der Waals surface area contributed by atoms with Crippen molar-refractivity contribution in [2.45, 2.75) is 18.2 Å². The molecular formula is C11H14N4O3S. The summed E-state index contributed by atoms with van der Waals surface area (Å²) in [6.07, 6.45) is 0.612. The van der Waals surface area contributed by atoms with E-state index in [0.29, 0.717) is 23.5 Å². The maximum Gasteiger partial charge on any atom is 0.294 e. The Hall–Kier alpha value is -2.06. The highest BCUT2D eigenvalue weighted by Crippen LogP contribution is 2.24. The van der Waals surface area contributed by atoms with Gasteiger partial charge in [0, 0.05) is 0 Å². The molecule has 0 saturated carbocycles. The lowest BCUT2D eigenvalue weighted by Crippen LogP contribution is -2.05. The Bertz CT molecular complexity index is 722. The fourth-order valence-corrected chi connectivity index (χ4v) is 2.24. The van der Waals surface area contributed by atoms with Crippen LogP contribution in [0.4, 0.5) is 11.5 Å². The number of nitrogens with two attached hydrogens (primary N) is 2. The predicted molar refractivity (Wildman–Crippen MR) is 71.6 cm³/mol. The molecule has 0 fully saturated rings. The van der Waals surface area contributed by atoms with Crippen LogP contribution in [0, 0.1) is 0 Å². The minimum absolute atomic E-state index is 0.225. The first-order valence-electron chi connectivity index (χ1n) is 5.55. The Morgan fingerprint density at radius 2 is 2.05 bits per heavy atom. The number of nitrogens with zero attached hydrogens (tertiary/aromatic N) is 2. The zero-order valence-electron chi connectivity index (χ0n) is 10.2. The topological polar surface area (TPSA) is 124 Å². The number of rotatable bonds is 3. The molecule has 2 aromatic rings. The van der Waals surface area contributed by atoms with E-state index in [1.54, 1.807) is 6.07 Å². The molecule has 2 rings (SSSR count). The van der Waals surface area contributed by atoms with Gasteiger partial charge >= 0.3 is 0 Å². The van der Waals surface area contributed by atoms with Gasteiger partial charge in [-0.3, -0.25) is 4.55 Å². The van der Waals surface area contributed by atoms with Crippen molar-refractivity contribution in [3.05, 3.63) is 30.0 Å². The van der Waals surface area contributed by atoms with E-state index in [1.807, 2.05) is 6.92 Å². The summed E-state index contributed by atoms with van der Waals surface area (Å²) in [5.41, 5.74) is 13.1. The van der Waals surface area contributed by atoms with E-state index in [2.05, 4.69) is 5.10 Å². The smallest absolute Gasteiger partial charge is 0.294 e. The van der Waals surface area contributed by atoms with Gasteiger partial charge in [0.15, 0.2) is 5.82 Å². The molecule has 0 bridgehead atoms. The van der Waals surface area contributed by atoms with Crippen LogP contribution in [0.5, 0.6) is 0 Å². The molecule has 0 aliphatic heterocycles. The molecule has 0 atom stereocenters. The van der Waals surface area contributed by atoms with Gasteiger partial charge in [-0.15, -0.1) is 0 Å². The van der Waals surface area contributed by atoms with Gasteiger partial charge in [-0.05, 0) is 24.6 Å². The normalized spacial score (nSPS) is 11.7.